The number of hydrogen-bond acceptors (Lipinski definition) is 5. The van der Waals surface area contributed by atoms with Crippen LogP contribution in [0.4, 0.5) is 11.4 Å². The van der Waals surface area contributed by atoms with Crippen molar-refractivity contribution in [1.29, 1.82) is 0 Å². The number of carbonyl (C=O) groups is 2. The van der Waals surface area contributed by atoms with Crippen molar-refractivity contribution < 1.29 is 18.7 Å². The molecule has 0 bridgehead atoms. The molecule has 0 aliphatic carbocycles. The summed E-state index contributed by atoms with van der Waals surface area (Å²) in [6.45, 7) is 4.50. The largest absolute Gasteiger partial charge is 0.494 e. The van der Waals surface area contributed by atoms with Gasteiger partial charge in [0, 0.05) is 16.3 Å². The third-order valence-electron chi connectivity index (χ3n) is 4.21. The molecule has 2 amide bonds. The Morgan fingerprint density at radius 2 is 1.80 bits per heavy atom. The van der Waals surface area contributed by atoms with Crippen molar-refractivity contribution in [3.63, 3.8) is 0 Å². The Kier molecular flexibility index (Phi) is 7.57. The zero-order valence-corrected chi connectivity index (χ0v) is 17.7. The van der Waals surface area contributed by atoms with Crippen molar-refractivity contribution in [1.82, 2.24) is 0 Å². The monoisotopic (exact) mass is 424 g/mol. The van der Waals surface area contributed by atoms with Gasteiger partial charge in [-0.25, -0.2) is 0 Å². The standard InChI is InChI=1S/C23H24N2O4S/c1-3-21(23(27)24-16-10-12-18(13-11-16)28-4-2)30-19-8-5-7-17(15-19)25-22(26)20-9-6-14-29-20/h5-15,21H,3-4H2,1-2H3,(H,24,27)(H,25,26). The molecule has 0 radical (unpaired) electrons. The molecule has 1 aromatic heterocycles. The Bertz CT molecular complexity index is 971. The lowest BCUT2D eigenvalue weighted by Crippen LogP contribution is -2.24. The van der Waals surface area contributed by atoms with Crippen molar-refractivity contribution >= 4 is 35.0 Å². The second-order valence-corrected chi connectivity index (χ2v) is 7.70. The van der Waals surface area contributed by atoms with Crippen LogP contribution in [0.1, 0.15) is 30.8 Å². The second kappa shape index (κ2) is 10.5. The molecule has 0 aliphatic rings. The Morgan fingerprint density at radius 3 is 2.47 bits per heavy atom. The molecule has 6 nitrogen and oxygen atoms in total. The second-order valence-electron chi connectivity index (χ2n) is 6.42. The van der Waals surface area contributed by atoms with Crippen molar-refractivity contribution in [3.8, 4) is 5.75 Å². The van der Waals surface area contributed by atoms with Crippen LogP contribution >= 0.6 is 11.8 Å². The lowest BCUT2D eigenvalue weighted by Gasteiger charge is -2.15. The van der Waals surface area contributed by atoms with Crippen molar-refractivity contribution in [2.24, 2.45) is 0 Å². The summed E-state index contributed by atoms with van der Waals surface area (Å²) in [7, 11) is 0. The van der Waals surface area contributed by atoms with Gasteiger partial charge in [-0.2, -0.15) is 0 Å². The van der Waals surface area contributed by atoms with E-state index < -0.39 is 0 Å². The predicted molar refractivity (Wildman–Crippen MR) is 119 cm³/mol. The molecular formula is C23H24N2O4S. The van der Waals surface area contributed by atoms with Gasteiger partial charge < -0.3 is 19.8 Å². The Balaban J connectivity index is 1.61. The van der Waals surface area contributed by atoms with E-state index >= 15 is 0 Å². The van der Waals surface area contributed by atoms with Gasteiger partial charge in [0.05, 0.1) is 18.1 Å². The number of rotatable bonds is 9. The molecule has 1 heterocycles. The third-order valence-corrected chi connectivity index (χ3v) is 5.57. The van der Waals surface area contributed by atoms with Gasteiger partial charge in [-0.15, -0.1) is 11.8 Å². The zero-order valence-electron chi connectivity index (χ0n) is 16.9. The van der Waals surface area contributed by atoms with Crippen LogP contribution in [0.15, 0.2) is 76.2 Å². The van der Waals surface area contributed by atoms with Crippen molar-refractivity contribution in [2.45, 2.75) is 30.4 Å². The van der Waals surface area contributed by atoms with Crippen LogP contribution < -0.4 is 15.4 Å². The highest BCUT2D eigenvalue weighted by Crippen LogP contribution is 2.29. The predicted octanol–water partition coefficient (Wildman–Crippen LogP) is 5.44. The van der Waals surface area contributed by atoms with Crippen LogP contribution in [0.2, 0.25) is 0 Å². The fourth-order valence-electron chi connectivity index (χ4n) is 2.76. The molecule has 2 aromatic carbocycles. The fourth-order valence-corrected chi connectivity index (χ4v) is 3.77. The molecule has 0 aliphatic heterocycles. The smallest absolute Gasteiger partial charge is 0.291 e. The van der Waals surface area contributed by atoms with E-state index in [0.717, 1.165) is 16.3 Å². The molecule has 2 N–H and O–H groups in total. The highest BCUT2D eigenvalue weighted by atomic mass is 32.2. The van der Waals surface area contributed by atoms with Gasteiger partial charge in [-0.3, -0.25) is 9.59 Å². The summed E-state index contributed by atoms with van der Waals surface area (Å²) in [4.78, 5) is 25.8. The minimum Gasteiger partial charge on any atom is -0.494 e. The van der Waals surface area contributed by atoms with Crippen LogP contribution in [-0.4, -0.2) is 23.7 Å². The lowest BCUT2D eigenvalue weighted by atomic mass is 10.2. The van der Waals surface area contributed by atoms with E-state index in [-0.39, 0.29) is 22.8 Å². The Hall–Kier alpha value is -3.19. The van der Waals surface area contributed by atoms with Crippen LogP contribution in [0, 0.1) is 0 Å². The summed E-state index contributed by atoms with van der Waals surface area (Å²) in [6, 6.07) is 18.0. The highest BCUT2D eigenvalue weighted by molar-refractivity contribution is 8.00. The molecule has 0 fully saturated rings. The number of benzene rings is 2. The average Bonchev–Trinajstić information content (AvgIpc) is 3.29. The van der Waals surface area contributed by atoms with Crippen LogP contribution in [0.25, 0.3) is 0 Å². The van der Waals surface area contributed by atoms with Crippen molar-refractivity contribution in [2.75, 3.05) is 17.2 Å². The molecule has 156 valence electrons. The maximum atomic E-state index is 12.7. The topological polar surface area (TPSA) is 80.6 Å². The third kappa shape index (κ3) is 5.90. The van der Waals surface area contributed by atoms with E-state index in [0.29, 0.717) is 18.7 Å². The van der Waals surface area contributed by atoms with Gasteiger partial charge in [0.2, 0.25) is 5.91 Å². The van der Waals surface area contributed by atoms with E-state index in [1.165, 1.54) is 18.0 Å². The van der Waals surface area contributed by atoms with Gasteiger partial charge in [0.15, 0.2) is 5.76 Å². The number of nitrogens with one attached hydrogen (secondary N) is 2. The summed E-state index contributed by atoms with van der Waals surface area (Å²) in [5.41, 5.74) is 1.37. The molecule has 1 atom stereocenters. The lowest BCUT2D eigenvalue weighted by molar-refractivity contribution is -0.115. The van der Waals surface area contributed by atoms with E-state index in [1.54, 1.807) is 18.2 Å². The molecule has 30 heavy (non-hydrogen) atoms. The van der Waals surface area contributed by atoms with E-state index in [1.807, 2.05) is 56.3 Å². The van der Waals surface area contributed by atoms with Crippen molar-refractivity contribution in [3.05, 3.63) is 72.7 Å². The quantitative estimate of drug-likeness (QED) is 0.447. The summed E-state index contributed by atoms with van der Waals surface area (Å²) in [5.74, 6) is 0.624. The molecule has 0 saturated heterocycles. The van der Waals surface area contributed by atoms with Gasteiger partial charge in [0.25, 0.3) is 5.91 Å². The minimum atomic E-state index is -0.317. The first kappa shape index (κ1) is 21.5. The Morgan fingerprint density at radius 1 is 1.00 bits per heavy atom. The zero-order chi connectivity index (χ0) is 21.3. The number of anilines is 2. The maximum Gasteiger partial charge on any atom is 0.291 e. The molecule has 0 saturated carbocycles. The molecule has 0 spiro atoms. The summed E-state index contributed by atoms with van der Waals surface area (Å²) in [6.07, 6.45) is 2.12. The van der Waals surface area contributed by atoms with E-state index in [4.69, 9.17) is 9.15 Å². The number of amides is 2. The first-order chi connectivity index (χ1) is 14.6. The molecule has 1 unspecified atom stereocenters. The average molecular weight is 425 g/mol. The van der Waals surface area contributed by atoms with E-state index in [9.17, 15) is 9.59 Å². The van der Waals surface area contributed by atoms with Gasteiger partial charge >= 0.3 is 0 Å². The Labute approximate surface area is 180 Å². The first-order valence-electron chi connectivity index (χ1n) is 9.74. The van der Waals surface area contributed by atoms with Gasteiger partial charge in [0.1, 0.15) is 5.75 Å². The number of furan rings is 1. The van der Waals surface area contributed by atoms with Crippen LogP contribution in [0.3, 0.4) is 0 Å². The minimum absolute atomic E-state index is 0.0725. The summed E-state index contributed by atoms with van der Waals surface area (Å²) < 4.78 is 10.5. The van der Waals surface area contributed by atoms with Crippen LogP contribution in [0.5, 0.6) is 5.75 Å². The number of thioether (sulfide) groups is 1. The van der Waals surface area contributed by atoms with Gasteiger partial charge in [-0.1, -0.05) is 13.0 Å². The number of hydrogen-bond donors (Lipinski definition) is 2. The SMILES string of the molecule is CCOc1ccc(NC(=O)C(CC)Sc2cccc(NC(=O)c3ccco3)c2)cc1. The molecule has 3 aromatic rings. The van der Waals surface area contributed by atoms with Gasteiger partial charge in [-0.05, 0) is 67.9 Å². The van der Waals surface area contributed by atoms with E-state index in [2.05, 4.69) is 10.6 Å². The first-order valence-corrected chi connectivity index (χ1v) is 10.6. The fraction of sp³-hybridized carbons (Fsp3) is 0.217. The number of carbonyl (C=O) groups excluding carboxylic acids is 2. The summed E-state index contributed by atoms with van der Waals surface area (Å²) >= 11 is 1.45. The molecule has 3 rings (SSSR count). The molecular weight excluding hydrogens is 400 g/mol. The highest BCUT2D eigenvalue weighted by Gasteiger charge is 2.18. The van der Waals surface area contributed by atoms with Crippen LogP contribution in [-0.2, 0) is 4.79 Å². The normalized spacial score (nSPS) is 11.5. The summed E-state index contributed by atoms with van der Waals surface area (Å²) in [5, 5.41) is 5.48. The molecule has 7 heteroatoms. The maximum absolute atomic E-state index is 12.7. The number of ether oxygens (including phenoxy) is 1.